The summed E-state index contributed by atoms with van der Waals surface area (Å²) in [6.07, 6.45) is 1.57. The third-order valence-corrected chi connectivity index (χ3v) is 4.14. The molecule has 2 bridgehead atoms. The second-order valence-electron chi connectivity index (χ2n) is 5.33. The van der Waals surface area contributed by atoms with Crippen molar-refractivity contribution >= 4 is 11.9 Å². The molecule has 8 nitrogen and oxygen atoms in total. The number of hydroxylamine groups is 2. The largest absolute Gasteiger partial charge is 0.368 e. The lowest BCUT2D eigenvalue weighted by Crippen LogP contribution is -2.42. The first kappa shape index (κ1) is 12.8. The van der Waals surface area contributed by atoms with E-state index >= 15 is 0 Å². The Bertz CT molecular complexity index is 772. The van der Waals surface area contributed by atoms with Gasteiger partial charge in [-0.15, -0.1) is 0 Å². The molecule has 112 valence electrons. The van der Waals surface area contributed by atoms with Crippen LogP contribution >= 0.6 is 0 Å². The van der Waals surface area contributed by atoms with Gasteiger partial charge in [0.1, 0.15) is 6.04 Å². The van der Waals surface area contributed by atoms with Crippen LogP contribution in [0.5, 0.6) is 0 Å². The standard InChI is InChI=1S/C14H13N5O3/c15-13(20)12-11-9(10-7-17(12)14(21)19(10)22)6-16-18(11)8-4-2-1-3-5-8/h1-6,10,12,22H,7H2,(H2,15,20)/t10-,12-/m0/s1. The number of carbonyl (C=O) groups excluding carboxylic acids is 2. The van der Waals surface area contributed by atoms with E-state index in [-0.39, 0.29) is 6.54 Å². The zero-order valence-corrected chi connectivity index (χ0v) is 11.5. The molecule has 1 aromatic heterocycles. The minimum atomic E-state index is -0.946. The number of urea groups is 1. The Morgan fingerprint density at radius 2 is 2.05 bits per heavy atom. The molecule has 3 N–H and O–H groups in total. The van der Waals surface area contributed by atoms with Crippen LogP contribution < -0.4 is 5.73 Å². The van der Waals surface area contributed by atoms with E-state index in [1.54, 1.807) is 10.9 Å². The average molecular weight is 299 g/mol. The molecular formula is C14H13N5O3. The molecule has 0 spiro atoms. The molecule has 1 fully saturated rings. The molecular weight excluding hydrogens is 286 g/mol. The van der Waals surface area contributed by atoms with Gasteiger partial charge in [0.15, 0.2) is 6.04 Å². The fraction of sp³-hybridized carbons (Fsp3) is 0.214. The summed E-state index contributed by atoms with van der Waals surface area (Å²) in [7, 11) is 0. The molecule has 1 aromatic carbocycles. The highest BCUT2D eigenvalue weighted by molar-refractivity contribution is 5.89. The molecule has 2 aromatic rings. The van der Waals surface area contributed by atoms with Gasteiger partial charge in [0.2, 0.25) is 5.91 Å². The Kier molecular flexibility index (Phi) is 2.52. The van der Waals surface area contributed by atoms with Crippen molar-refractivity contribution in [3.8, 4) is 5.69 Å². The number of nitrogens with two attached hydrogens (primary N) is 1. The monoisotopic (exact) mass is 299 g/mol. The van der Waals surface area contributed by atoms with Gasteiger partial charge < -0.3 is 10.6 Å². The number of aromatic nitrogens is 2. The van der Waals surface area contributed by atoms with E-state index in [0.717, 1.165) is 5.69 Å². The molecule has 3 amide bonds. The summed E-state index contributed by atoms with van der Waals surface area (Å²) in [6.45, 7) is 0.219. The minimum Gasteiger partial charge on any atom is -0.368 e. The second-order valence-corrected chi connectivity index (χ2v) is 5.33. The smallest absolute Gasteiger partial charge is 0.345 e. The number of primary amides is 1. The van der Waals surface area contributed by atoms with Crippen LogP contribution in [0.25, 0.3) is 5.69 Å². The van der Waals surface area contributed by atoms with Crippen LogP contribution in [0, 0.1) is 0 Å². The van der Waals surface area contributed by atoms with Gasteiger partial charge in [-0.25, -0.2) is 9.48 Å². The van der Waals surface area contributed by atoms with Crippen LogP contribution in [0.1, 0.15) is 23.3 Å². The van der Waals surface area contributed by atoms with Crippen molar-refractivity contribution in [1.82, 2.24) is 19.7 Å². The number of para-hydroxylation sites is 1. The van der Waals surface area contributed by atoms with E-state index in [1.165, 1.54) is 4.90 Å². The molecule has 1 saturated heterocycles. The first-order chi connectivity index (χ1) is 10.6. The molecule has 3 heterocycles. The van der Waals surface area contributed by atoms with Crippen molar-refractivity contribution in [3.63, 3.8) is 0 Å². The maximum Gasteiger partial charge on any atom is 0.345 e. The van der Waals surface area contributed by atoms with Crippen molar-refractivity contribution in [1.29, 1.82) is 0 Å². The van der Waals surface area contributed by atoms with E-state index in [9.17, 15) is 14.8 Å². The summed E-state index contributed by atoms with van der Waals surface area (Å²) in [5.74, 6) is -0.652. The SMILES string of the molecule is NC(=O)[C@@H]1c2c(cnn2-c2ccccc2)[C@@H]2CN1C(=O)N2O. The Hall–Kier alpha value is -2.87. The quantitative estimate of drug-likeness (QED) is 0.791. The first-order valence-electron chi connectivity index (χ1n) is 6.81. The number of amides is 3. The van der Waals surface area contributed by atoms with E-state index in [0.29, 0.717) is 16.3 Å². The van der Waals surface area contributed by atoms with E-state index in [2.05, 4.69) is 5.10 Å². The molecule has 2 atom stereocenters. The fourth-order valence-electron chi connectivity index (χ4n) is 3.16. The Morgan fingerprint density at radius 3 is 2.73 bits per heavy atom. The third kappa shape index (κ3) is 1.52. The topological polar surface area (TPSA) is 105 Å². The van der Waals surface area contributed by atoms with Gasteiger partial charge in [0.05, 0.1) is 24.1 Å². The number of nitrogens with zero attached hydrogens (tertiary/aromatic N) is 4. The van der Waals surface area contributed by atoms with Gasteiger partial charge in [-0.2, -0.15) is 10.2 Å². The van der Waals surface area contributed by atoms with Gasteiger partial charge in [-0.3, -0.25) is 10.0 Å². The lowest BCUT2D eigenvalue weighted by Gasteiger charge is -2.29. The van der Waals surface area contributed by atoms with Crippen LogP contribution in [-0.4, -0.2) is 43.4 Å². The number of hydrogen-bond donors (Lipinski definition) is 2. The summed E-state index contributed by atoms with van der Waals surface area (Å²) in [5.41, 5.74) is 7.43. The van der Waals surface area contributed by atoms with Crippen LogP contribution in [-0.2, 0) is 4.79 Å². The van der Waals surface area contributed by atoms with Crippen molar-refractivity contribution < 1.29 is 14.8 Å². The van der Waals surface area contributed by atoms with Crippen molar-refractivity contribution in [2.24, 2.45) is 5.73 Å². The Labute approximate surface area is 125 Å². The number of fused-ring (bicyclic) bond motifs is 4. The van der Waals surface area contributed by atoms with Gasteiger partial charge in [-0.1, -0.05) is 18.2 Å². The van der Waals surface area contributed by atoms with E-state index in [4.69, 9.17) is 5.73 Å². The highest BCUT2D eigenvalue weighted by Crippen LogP contribution is 2.43. The van der Waals surface area contributed by atoms with Crippen molar-refractivity contribution in [2.75, 3.05) is 6.54 Å². The lowest BCUT2D eigenvalue weighted by atomic mass is 9.97. The van der Waals surface area contributed by atoms with E-state index < -0.39 is 24.0 Å². The van der Waals surface area contributed by atoms with E-state index in [1.807, 2.05) is 30.3 Å². The highest BCUT2D eigenvalue weighted by Gasteiger charge is 2.51. The molecule has 0 saturated carbocycles. The number of rotatable bonds is 2. The predicted octanol–water partition coefficient (Wildman–Crippen LogP) is 0.580. The molecule has 2 aliphatic heterocycles. The Morgan fingerprint density at radius 1 is 1.32 bits per heavy atom. The van der Waals surface area contributed by atoms with Crippen LogP contribution in [0.2, 0.25) is 0 Å². The molecule has 0 radical (unpaired) electrons. The second kappa shape index (κ2) is 4.31. The number of hydrogen-bond acceptors (Lipinski definition) is 4. The summed E-state index contributed by atoms with van der Waals surface area (Å²) < 4.78 is 1.59. The van der Waals surface area contributed by atoms with Crippen LogP contribution in [0.4, 0.5) is 4.79 Å². The summed E-state index contributed by atoms with van der Waals surface area (Å²) in [5, 5.41) is 14.9. The predicted molar refractivity (Wildman–Crippen MR) is 74.0 cm³/mol. The van der Waals surface area contributed by atoms with Gasteiger partial charge in [-0.05, 0) is 12.1 Å². The summed E-state index contributed by atoms with van der Waals surface area (Å²) in [6, 6.07) is 7.16. The molecule has 22 heavy (non-hydrogen) atoms. The summed E-state index contributed by atoms with van der Waals surface area (Å²) >= 11 is 0. The molecule has 0 aliphatic carbocycles. The zero-order chi connectivity index (χ0) is 15.4. The van der Waals surface area contributed by atoms with Gasteiger partial charge >= 0.3 is 6.03 Å². The minimum absolute atomic E-state index is 0.219. The maximum atomic E-state index is 12.1. The van der Waals surface area contributed by atoms with Crippen molar-refractivity contribution in [2.45, 2.75) is 12.1 Å². The fourth-order valence-corrected chi connectivity index (χ4v) is 3.16. The van der Waals surface area contributed by atoms with Crippen LogP contribution in [0.3, 0.4) is 0 Å². The molecule has 8 heteroatoms. The molecule has 4 rings (SSSR count). The molecule has 2 aliphatic rings. The van der Waals surface area contributed by atoms with Crippen LogP contribution in [0.15, 0.2) is 36.5 Å². The average Bonchev–Trinajstić information content (AvgIpc) is 3.05. The molecule has 0 unspecified atom stereocenters. The maximum absolute atomic E-state index is 12.1. The zero-order valence-electron chi connectivity index (χ0n) is 11.5. The first-order valence-corrected chi connectivity index (χ1v) is 6.81. The van der Waals surface area contributed by atoms with Gasteiger partial charge in [0, 0.05) is 5.56 Å². The number of carbonyl (C=O) groups is 2. The highest BCUT2D eigenvalue weighted by atomic mass is 16.5. The normalized spacial score (nSPS) is 22.9. The van der Waals surface area contributed by atoms with Gasteiger partial charge in [0.25, 0.3) is 0 Å². The number of benzene rings is 1. The Balaban J connectivity index is 1.94. The van der Waals surface area contributed by atoms with Crippen molar-refractivity contribution in [3.05, 3.63) is 47.8 Å². The third-order valence-electron chi connectivity index (χ3n) is 4.14. The lowest BCUT2D eigenvalue weighted by molar-refractivity contribution is -0.122. The summed E-state index contributed by atoms with van der Waals surface area (Å²) in [4.78, 5) is 25.3.